The van der Waals surface area contributed by atoms with E-state index < -0.39 is 11.8 Å². The lowest BCUT2D eigenvalue weighted by atomic mass is 10.1. The second-order valence-electron chi connectivity index (χ2n) is 7.71. The van der Waals surface area contributed by atoms with Gasteiger partial charge in [-0.2, -0.15) is 5.01 Å². The molecule has 1 saturated heterocycles. The van der Waals surface area contributed by atoms with Gasteiger partial charge in [-0.05, 0) is 67.9 Å². The van der Waals surface area contributed by atoms with Gasteiger partial charge in [-0.15, -0.1) is 0 Å². The van der Waals surface area contributed by atoms with Crippen LogP contribution in [0.4, 0.5) is 5.69 Å². The van der Waals surface area contributed by atoms with Crippen LogP contribution in [-0.4, -0.2) is 40.8 Å². The molecule has 0 aliphatic carbocycles. The molecule has 2 N–H and O–H groups in total. The third-order valence-electron chi connectivity index (χ3n) is 4.85. The number of aryl methyl sites for hydroxylation is 3. The molecule has 8 nitrogen and oxygen atoms in total. The van der Waals surface area contributed by atoms with Gasteiger partial charge in [-0.1, -0.05) is 35.5 Å². The summed E-state index contributed by atoms with van der Waals surface area (Å²) in [5.41, 5.74) is 6.94. The molecule has 3 rings (SSSR count). The molecule has 10 heteroatoms. The number of carbonyl (C=O) groups excluding carboxylic acids is 3. The molecular formula is C24H25N3O5S2. The summed E-state index contributed by atoms with van der Waals surface area (Å²) in [6.45, 7) is 7.01. The number of ether oxygens (including phenoxy) is 2. The van der Waals surface area contributed by atoms with E-state index in [4.69, 9.17) is 21.7 Å². The van der Waals surface area contributed by atoms with Crippen molar-refractivity contribution >= 4 is 57.8 Å². The molecule has 0 bridgehead atoms. The molecule has 0 unspecified atom stereocenters. The molecule has 1 aliphatic heterocycles. The predicted octanol–water partition coefficient (Wildman–Crippen LogP) is 3.89. The molecule has 2 aromatic carbocycles. The largest absolute Gasteiger partial charge is 0.493 e. The van der Waals surface area contributed by atoms with Crippen molar-refractivity contribution in [1.82, 2.24) is 10.4 Å². The number of nitrogens with zero attached hydrogens (tertiary/aromatic N) is 1. The topological polar surface area (TPSA) is 97.0 Å². The average molecular weight is 500 g/mol. The monoisotopic (exact) mass is 499 g/mol. The highest BCUT2D eigenvalue weighted by Crippen LogP contribution is 2.34. The van der Waals surface area contributed by atoms with Crippen LogP contribution in [0.15, 0.2) is 35.2 Å². The molecule has 1 aliphatic rings. The van der Waals surface area contributed by atoms with Crippen LogP contribution in [0.5, 0.6) is 11.5 Å². The number of hydrogen-bond donors (Lipinski definition) is 2. The van der Waals surface area contributed by atoms with Crippen molar-refractivity contribution in [2.45, 2.75) is 27.7 Å². The van der Waals surface area contributed by atoms with Crippen molar-refractivity contribution in [1.29, 1.82) is 0 Å². The molecule has 0 atom stereocenters. The average Bonchev–Trinajstić information content (AvgIpc) is 3.02. The fourth-order valence-electron chi connectivity index (χ4n) is 3.46. The van der Waals surface area contributed by atoms with Gasteiger partial charge in [0.25, 0.3) is 11.8 Å². The van der Waals surface area contributed by atoms with E-state index in [1.54, 1.807) is 24.3 Å². The van der Waals surface area contributed by atoms with Crippen LogP contribution in [0.1, 0.15) is 29.2 Å². The summed E-state index contributed by atoms with van der Waals surface area (Å²) in [5, 5.41) is 3.94. The molecule has 1 heterocycles. The number of methoxy groups -OCH3 is 1. The van der Waals surface area contributed by atoms with Crippen LogP contribution in [0, 0.1) is 20.8 Å². The maximum absolute atomic E-state index is 12.5. The first-order chi connectivity index (χ1) is 16.1. The molecule has 1 fully saturated rings. The lowest BCUT2D eigenvalue weighted by molar-refractivity contribution is -0.131. The van der Waals surface area contributed by atoms with Gasteiger partial charge >= 0.3 is 0 Å². The highest BCUT2D eigenvalue weighted by Gasteiger charge is 2.33. The summed E-state index contributed by atoms with van der Waals surface area (Å²) < 4.78 is 11.3. The van der Waals surface area contributed by atoms with E-state index in [9.17, 15) is 14.4 Å². The first-order valence-corrected chi connectivity index (χ1v) is 11.5. The van der Waals surface area contributed by atoms with Gasteiger partial charge < -0.3 is 14.8 Å². The van der Waals surface area contributed by atoms with Gasteiger partial charge in [0.2, 0.25) is 5.91 Å². The predicted molar refractivity (Wildman–Crippen MR) is 137 cm³/mol. The van der Waals surface area contributed by atoms with Gasteiger partial charge in [0, 0.05) is 12.6 Å². The first-order valence-electron chi connectivity index (χ1n) is 10.3. The Morgan fingerprint density at radius 1 is 1.12 bits per heavy atom. The van der Waals surface area contributed by atoms with Crippen LogP contribution >= 0.6 is 24.0 Å². The van der Waals surface area contributed by atoms with Crippen LogP contribution in [0.25, 0.3) is 6.08 Å². The molecule has 0 radical (unpaired) electrons. The minimum Gasteiger partial charge on any atom is -0.493 e. The second kappa shape index (κ2) is 10.7. The van der Waals surface area contributed by atoms with Crippen LogP contribution in [0.3, 0.4) is 0 Å². The number of thiocarbonyl (C=S) groups is 1. The highest BCUT2D eigenvalue weighted by atomic mass is 32.2. The quantitative estimate of drug-likeness (QED) is 0.441. The summed E-state index contributed by atoms with van der Waals surface area (Å²) in [7, 11) is 1.49. The number of rotatable bonds is 7. The zero-order valence-corrected chi connectivity index (χ0v) is 21.1. The molecule has 3 amide bonds. The minimum absolute atomic E-state index is 0.197. The van der Waals surface area contributed by atoms with Gasteiger partial charge in [-0.3, -0.25) is 19.8 Å². The number of anilines is 1. The molecule has 2 aromatic rings. The van der Waals surface area contributed by atoms with Crippen LogP contribution in [0.2, 0.25) is 0 Å². The highest BCUT2D eigenvalue weighted by molar-refractivity contribution is 8.26. The van der Waals surface area contributed by atoms with E-state index in [0.717, 1.165) is 39.1 Å². The normalized spacial score (nSPS) is 14.4. The molecule has 0 saturated carbocycles. The summed E-state index contributed by atoms with van der Waals surface area (Å²) in [4.78, 5) is 36.6. The number of nitrogens with one attached hydrogen (secondary N) is 2. The SMILES string of the molecule is COc1cc(C=C2SC(=S)N(NC(C)=O)C2=O)ccc1OCC(=O)Nc1c(C)cc(C)cc1C. The van der Waals surface area contributed by atoms with Crippen molar-refractivity contribution in [3.05, 3.63) is 57.5 Å². The Hall–Kier alpha value is -3.37. The van der Waals surface area contributed by atoms with E-state index in [2.05, 4.69) is 10.7 Å². The van der Waals surface area contributed by atoms with E-state index >= 15 is 0 Å². The standard InChI is InChI=1S/C24H25N3O5S2/c1-13-8-14(2)22(15(3)9-13)25-21(29)12-32-18-7-6-17(10-19(18)31-5)11-20-23(30)27(24(33)34-20)26-16(4)28/h6-11H,12H2,1-5H3,(H,25,29)(H,26,28). The van der Waals surface area contributed by atoms with Crippen molar-refractivity contribution in [2.24, 2.45) is 0 Å². The Morgan fingerprint density at radius 3 is 2.41 bits per heavy atom. The molecule has 34 heavy (non-hydrogen) atoms. The molecule has 0 aromatic heterocycles. The number of benzene rings is 2. The van der Waals surface area contributed by atoms with Crippen molar-refractivity contribution in [3.8, 4) is 11.5 Å². The van der Waals surface area contributed by atoms with Crippen LogP contribution in [-0.2, 0) is 14.4 Å². The molecule has 178 valence electrons. The van der Waals surface area contributed by atoms with Gasteiger partial charge in [0.1, 0.15) is 0 Å². The zero-order valence-electron chi connectivity index (χ0n) is 19.5. The number of amides is 3. The summed E-state index contributed by atoms with van der Waals surface area (Å²) >= 11 is 6.24. The zero-order chi connectivity index (χ0) is 25.0. The fraction of sp³-hybridized carbons (Fsp3) is 0.250. The van der Waals surface area contributed by atoms with Crippen molar-refractivity contribution in [3.63, 3.8) is 0 Å². The summed E-state index contributed by atoms with van der Waals surface area (Å²) in [6.07, 6.45) is 1.64. The fourth-order valence-corrected chi connectivity index (χ4v) is 4.64. The third kappa shape index (κ3) is 5.95. The van der Waals surface area contributed by atoms with E-state index in [1.165, 1.54) is 14.0 Å². The second-order valence-corrected chi connectivity index (χ2v) is 9.38. The number of thioether (sulfide) groups is 1. The van der Waals surface area contributed by atoms with Crippen molar-refractivity contribution in [2.75, 3.05) is 19.0 Å². The third-order valence-corrected chi connectivity index (χ3v) is 6.15. The molecule has 0 spiro atoms. The van der Waals surface area contributed by atoms with Gasteiger partial charge in [-0.25, -0.2) is 0 Å². The molecular weight excluding hydrogens is 474 g/mol. The Morgan fingerprint density at radius 2 is 1.79 bits per heavy atom. The maximum Gasteiger partial charge on any atom is 0.285 e. The van der Waals surface area contributed by atoms with Gasteiger partial charge in [0.15, 0.2) is 22.4 Å². The van der Waals surface area contributed by atoms with Crippen molar-refractivity contribution < 1.29 is 23.9 Å². The Kier molecular flexibility index (Phi) is 7.95. The number of carbonyl (C=O) groups is 3. The lowest BCUT2D eigenvalue weighted by Gasteiger charge is -2.14. The minimum atomic E-state index is -0.414. The smallest absolute Gasteiger partial charge is 0.285 e. The number of hydrazine groups is 1. The Bertz CT molecular complexity index is 1190. The maximum atomic E-state index is 12.5. The van der Waals surface area contributed by atoms with E-state index in [0.29, 0.717) is 22.0 Å². The number of hydrogen-bond acceptors (Lipinski definition) is 7. The van der Waals surface area contributed by atoms with E-state index in [1.807, 2.05) is 32.9 Å². The van der Waals surface area contributed by atoms with E-state index in [-0.39, 0.29) is 16.8 Å². The first kappa shape index (κ1) is 25.3. The Balaban J connectivity index is 1.69. The summed E-state index contributed by atoms with van der Waals surface area (Å²) in [5.74, 6) is -0.303. The Labute approximate surface area is 207 Å². The lowest BCUT2D eigenvalue weighted by Crippen LogP contribution is -2.43. The van der Waals surface area contributed by atoms with Gasteiger partial charge in [0.05, 0.1) is 12.0 Å². The van der Waals surface area contributed by atoms with Crippen LogP contribution < -0.4 is 20.2 Å². The summed E-state index contributed by atoms with van der Waals surface area (Å²) in [6, 6.07) is 9.10.